The van der Waals surface area contributed by atoms with Gasteiger partial charge in [0.05, 0.1) is 0 Å². The SMILES string of the molecule is Clc1ccc(C2(c3ccc(Cl)cc3)CC=CC[Se]2)cc1. The van der Waals surface area contributed by atoms with E-state index in [1.54, 1.807) is 0 Å². The van der Waals surface area contributed by atoms with Crippen molar-refractivity contribution in [3.63, 3.8) is 0 Å². The molecule has 2 aromatic rings. The van der Waals surface area contributed by atoms with Gasteiger partial charge >= 0.3 is 136 Å². The number of halogens is 2. The van der Waals surface area contributed by atoms with Gasteiger partial charge in [-0.05, 0) is 0 Å². The molecule has 0 saturated heterocycles. The second-order valence-electron chi connectivity index (χ2n) is 4.83. The Kier molecular flexibility index (Phi) is 4.23. The first kappa shape index (κ1) is 14.2. The predicted molar refractivity (Wildman–Crippen MR) is 88.0 cm³/mol. The molecule has 0 nitrogen and oxygen atoms in total. The Bertz CT molecular complexity index is 569. The van der Waals surface area contributed by atoms with E-state index < -0.39 is 0 Å². The van der Waals surface area contributed by atoms with Crippen molar-refractivity contribution in [1.82, 2.24) is 0 Å². The molecule has 1 aliphatic rings. The third-order valence-corrected chi connectivity index (χ3v) is 7.25. The predicted octanol–water partition coefficient (Wildman–Crippen LogP) is 5.32. The first-order chi connectivity index (χ1) is 9.71. The van der Waals surface area contributed by atoms with Crippen LogP contribution < -0.4 is 0 Å². The molecule has 0 spiro atoms. The maximum atomic E-state index is 6.04. The second-order valence-corrected chi connectivity index (χ2v) is 8.47. The summed E-state index contributed by atoms with van der Waals surface area (Å²) >= 11 is 12.6. The quantitative estimate of drug-likeness (QED) is 0.497. The summed E-state index contributed by atoms with van der Waals surface area (Å²) in [7, 11) is 0. The van der Waals surface area contributed by atoms with E-state index in [9.17, 15) is 0 Å². The van der Waals surface area contributed by atoms with Crippen LogP contribution in [0.1, 0.15) is 17.5 Å². The van der Waals surface area contributed by atoms with Crippen LogP contribution in [0.15, 0.2) is 60.7 Å². The summed E-state index contributed by atoms with van der Waals surface area (Å²) in [5, 5.41) is 2.75. The van der Waals surface area contributed by atoms with E-state index in [1.165, 1.54) is 11.1 Å². The van der Waals surface area contributed by atoms with Gasteiger partial charge in [-0.2, -0.15) is 0 Å². The molecule has 0 aliphatic carbocycles. The van der Waals surface area contributed by atoms with Crippen LogP contribution in [-0.2, 0) is 4.31 Å². The van der Waals surface area contributed by atoms with Crippen molar-refractivity contribution in [2.45, 2.75) is 16.1 Å². The van der Waals surface area contributed by atoms with E-state index in [0.717, 1.165) is 21.8 Å². The molecular formula is C17H14Cl2Se. The zero-order valence-corrected chi connectivity index (χ0v) is 14.1. The van der Waals surface area contributed by atoms with Gasteiger partial charge in [0.2, 0.25) is 0 Å². The summed E-state index contributed by atoms with van der Waals surface area (Å²) in [5.74, 6) is 0. The maximum absolute atomic E-state index is 6.04. The molecule has 20 heavy (non-hydrogen) atoms. The zero-order chi connectivity index (χ0) is 14.0. The van der Waals surface area contributed by atoms with Crippen molar-refractivity contribution in [2.75, 3.05) is 0 Å². The van der Waals surface area contributed by atoms with Gasteiger partial charge in [-0.3, -0.25) is 0 Å². The molecule has 0 amide bonds. The van der Waals surface area contributed by atoms with Crippen molar-refractivity contribution in [3.8, 4) is 0 Å². The minimum atomic E-state index is 0.108. The Balaban J connectivity index is 2.11. The Morgan fingerprint density at radius 2 is 1.25 bits per heavy atom. The fraction of sp³-hybridized carbons (Fsp3) is 0.176. The van der Waals surface area contributed by atoms with E-state index in [2.05, 4.69) is 36.4 Å². The van der Waals surface area contributed by atoms with Crippen molar-refractivity contribution < 1.29 is 0 Å². The fourth-order valence-electron chi connectivity index (χ4n) is 2.57. The standard InChI is InChI=1S/C17H14Cl2Se/c18-15-7-3-13(4-8-15)17(11-1-2-12-20-17)14-5-9-16(19)10-6-14/h1-10H,11-12H2. The van der Waals surface area contributed by atoms with Crippen LogP contribution in [0.4, 0.5) is 0 Å². The Morgan fingerprint density at radius 3 is 1.65 bits per heavy atom. The van der Waals surface area contributed by atoms with E-state index in [4.69, 9.17) is 23.2 Å². The van der Waals surface area contributed by atoms with Crippen LogP contribution in [0, 0.1) is 0 Å². The van der Waals surface area contributed by atoms with Crippen LogP contribution >= 0.6 is 23.2 Å². The van der Waals surface area contributed by atoms with Crippen molar-refractivity contribution in [1.29, 1.82) is 0 Å². The first-order valence-corrected chi connectivity index (χ1v) is 9.34. The summed E-state index contributed by atoms with van der Waals surface area (Å²) in [6, 6.07) is 16.6. The molecule has 3 heteroatoms. The van der Waals surface area contributed by atoms with Gasteiger partial charge in [0.15, 0.2) is 0 Å². The third-order valence-electron chi connectivity index (χ3n) is 3.62. The van der Waals surface area contributed by atoms with Gasteiger partial charge in [-0.25, -0.2) is 0 Å². The molecule has 0 aromatic heterocycles. The Morgan fingerprint density at radius 1 is 0.750 bits per heavy atom. The van der Waals surface area contributed by atoms with Crippen molar-refractivity contribution >= 4 is 38.2 Å². The molecule has 0 radical (unpaired) electrons. The number of rotatable bonds is 2. The minimum absolute atomic E-state index is 0.108. The van der Waals surface area contributed by atoms with E-state index in [-0.39, 0.29) is 4.31 Å². The summed E-state index contributed by atoms with van der Waals surface area (Å²) in [4.78, 5) is 0. The summed E-state index contributed by atoms with van der Waals surface area (Å²) < 4.78 is 0.108. The molecule has 0 atom stereocenters. The Hall–Kier alpha value is -0.721. The number of hydrogen-bond donors (Lipinski definition) is 0. The molecule has 1 aliphatic heterocycles. The van der Waals surface area contributed by atoms with Crippen LogP contribution in [-0.4, -0.2) is 15.0 Å². The molecule has 3 rings (SSSR count). The molecule has 2 aromatic carbocycles. The topological polar surface area (TPSA) is 0 Å². The number of allylic oxidation sites excluding steroid dienone is 2. The van der Waals surface area contributed by atoms with Crippen LogP contribution in [0.3, 0.4) is 0 Å². The van der Waals surface area contributed by atoms with E-state index >= 15 is 0 Å². The zero-order valence-electron chi connectivity index (χ0n) is 10.9. The molecule has 0 N–H and O–H groups in total. The summed E-state index contributed by atoms with van der Waals surface area (Å²) in [6.07, 6.45) is 5.65. The van der Waals surface area contributed by atoms with Gasteiger partial charge in [-0.1, -0.05) is 0 Å². The third kappa shape index (κ3) is 2.69. The molecule has 0 bridgehead atoms. The fourth-order valence-corrected chi connectivity index (χ4v) is 5.63. The number of benzene rings is 2. The normalized spacial score (nSPS) is 17.1. The first-order valence-electron chi connectivity index (χ1n) is 6.52. The molecular weight excluding hydrogens is 354 g/mol. The van der Waals surface area contributed by atoms with Crippen LogP contribution in [0.5, 0.6) is 0 Å². The molecule has 102 valence electrons. The Labute approximate surface area is 136 Å². The van der Waals surface area contributed by atoms with Gasteiger partial charge in [0.25, 0.3) is 0 Å². The van der Waals surface area contributed by atoms with Gasteiger partial charge in [0, 0.05) is 0 Å². The number of hydrogen-bond acceptors (Lipinski definition) is 0. The average molecular weight is 368 g/mol. The summed E-state index contributed by atoms with van der Waals surface area (Å²) in [6.45, 7) is 0. The molecule has 1 heterocycles. The van der Waals surface area contributed by atoms with Gasteiger partial charge in [-0.15, -0.1) is 0 Å². The van der Waals surface area contributed by atoms with Crippen molar-refractivity contribution in [3.05, 3.63) is 81.9 Å². The van der Waals surface area contributed by atoms with Crippen molar-refractivity contribution in [2.24, 2.45) is 0 Å². The van der Waals surface area contributed by atoms with Crippen LogP contribution in [0.2, 0.25) is 15.4 Å². The second kappa shape index (κ2) is 5.95. The molecule has 0 saturated carbocycles. The monoisotopic (exact) mass is 368 g/mol. The van der Waals surface area contributed by atoms with Gasteiger partial charge < -0.3 is 0 Å². The van der Waals surface area contributed by atoms with E-state index in [0.29, 0.717) is 15.0 Å². The molecule has 0 unspecified atom stereocenters. The average Bonchev–Trinajstić information content (AvgIpc) is 2.49. The summed E-state index contributed by atoms with van der Waals surface area (Å²) in [5.41, 5.74) is 2.71. The van der Waals surface area contributed by atoms with Crippen LogP contribution in [0.25, 0.3) is 0 Å². The van der Waals surface area contributed by atoms with Gasteiger partial charge in [0.1, 0.15) is 0 Å². The van der Waals surface area contributed by atoms with E-state index in [1.807, 2.05) is 24.3 Å². The molecule has 0 fully saturated rings.